The van der Waals surface area contributed by atoms with E-state index in [2.05, 4.69) is 46.2 Å². The number of likely N-dealkylation sites (tertiary alicyclic amines) is 1. The number of rotatable bonds is 5. The lowest BCUT2D eigenvalue weighted by Crippen LogP contribution is -2.43. The summed E-state index contributed by atoms with van der Waals surface area (Å²) in [6, 6.07) is 18.4. The predicted molar refractivity (Wildman–Crippen MR) is 119 cm³/mol. The first-order chi connectivity index (χ1) is 14.2. The highest BCUT2D eigenvalue weighted by atomic mass is 35.5. The summed E-state index contributed by atoms with van der Waals surface area (Å²) >= 11 is 6.09. The van der Waals surface area contributed by atoms with Gasteiger partial charge in [-0.2, -0.15) is 0 Å². The zero-order valence-electron chi connectivity index (χ0n) is 16.8. The van der Waals surface area contributed by atoms with Crippen molar-refractivity contribution in [3.8, 4) is 0 Å². The van der Waals surface area contributed by atoms with Gasteiger partial charge >= 0.3 is 0 Å². The molecule has 1 fully saturated rings. The van der Waals surface area contributed by atoms with Gasteiger partial charge in [0.25, 0.3) is 0 Å². The second-order valence-electron chi connectivity index (χ2n) is 8.08. The third-order valence-corrected chi connectivity index (χ3v) is 6.39. The molecule has 2 heterocycles. The Labute approximate surface area is 179 Å². The number of benzene rings is 2. The van der Waals surface area contributed by atoms with E-state index in [1.807, 2.05) is 30.3 Å². The van der Waals surface area contributed by atoms with E-state index in [1.54, 1.807) is 0 Å². The second kappa shape index (κ2) is 9.60. The third kappa shape index (κ3) is 4.91. The minimum absolute atomic E-state index is 0.0688. The lowest BCUT2D eigenvalue weighted by atomic mass is 9.90. The maximum Gasteiger partial charge on any atom is 0.230 e. The standard InChI is InChI=1S/C25H29ClN2O/c26-22-14-12-20(13-15-22)23-11-5-2-6-18-28(25(23)29)24(19-27-16-7-8-17-27)21-9-3-1-4-10-21/h1-4,6,9-10,12-15,23-24H,5,7-8,11,16-19H2/b6-2-. The summed E-state index contributed by atoms with van der Waals surface area (Å²) in [6.45, 7) is 3.82. The van der Waals surface area contributed by atoms with Crippen molar-refractivity contribution in [2.24, 2.45) is 0 Å². The summed E-state index contributed by atoms with van der Waals surface area (Å²) in [6.07, 6.45) is 8.65. The Kier molecular flexibility index (Phi) is 6.68. The minimum Gasteiger partial charge on any atom is -0.330 e. The van der Waals surface area contributed by atoms with Crippen molar-refractivity contribution in [1.29, 1.82) is 0 Å². The molecule has 2 aromatic carbocycles. The summed E-state index contributed by atoms with van der Waals surface area (Å²) in [5.41, 5.74) is 2.28. The number of hydrogen-bond acceptors (Lipinski definition) is 2. The molecule has 2 atom stereocenters. The lowest BCUT2D eigenvalue weighted by molar-refractivity contribution is -0.135. The molecule has 2 aromatic rings. The van der Waals surface area contributed by atoms with Gasteiger partial charge in [0, 0.05) is 18.1 Å². The van der Waals surface area contributed by atoms with Crippen molar-refractivity contribution >= 4 is 17.5 Å². The van der Waals surface area contributed by atoms with Crippen LogP contribution in [-0.2, 0) is 4.79 Å². The fourth-order valence-corrected chi connectivity index (χ4v) is 4.66. The normalized spacial score (nSPS) is 22.9. The number of allylic oxidation sites excluding steroid dienone is 1. The number of carbonyl (C=O) groups excluding carboxylic acids is 1. The van der Waals surface area contributed by atoms with Crippen LogP contribution in [0, 0.1) is 0 Å². The molecule has 29 heavy (non-hydrogen) atoms. The van der Waals surface area contributed by atoms with Crippen LogP contribution in [0.15, 0.2) is 66.7 Å². The monoisotopic (exact) mass is 408 g/mol. The Hall–Kier alpha value is -2.10. The van der Waals surface area contributed by atoms with E-state index in [4.69, 9.17) is 11.6 Å². The van der Waals surface area contributed by atoms with Crippen molar-refractivity contribution in [2.45, 2.75) is 37.6 Å². The molecule has 3 nitrogen and oxygen atoms in total. The number of carbonyl (C=O) groups is 1. The maximum absolute atomic E-state index is 13.8. The molecule has 0 bridgehead atoms. The van der Waals surface area contributed by atoms with Crippen LogP contribution in [-0.4, -0.2) is 41.9 Å². The number of halogens is 1. The molecule has 0 spiro atoms. The minimum atomic E-state index is -0.123. The van der Waals surface area contributed by atoms with Gasteiger partial charge in [0.1, 0.15) is 0 Å². The van der Waals surface area contributed by atoms with Gasteiger partial charge in [-0.1, -0.05) is 66.2 Å². The average molecular weight is 409 g/mol. The van der Waals surface area contributed by atoms with Crippen LogP contribution in [0.2, 0.25) is 5.02 Å². The van der Waals surface area contributed by atoms with E-state index < -0.39 is 0 Å². The van der Waals surface area contributed by atoms with Gasteiger partial charge in [0.2, 0.25) is 5.91 Å². The fraction of sp³-hybridized carbons (Fsp3) is 0.400. The molecule has 4 heteroatoms. The van der Waals surface area contributed by atoms with Crippen molar-refractivity contribution in [3.05, 3.63) is 82.9 Å². The van der Waals surface area contributed by atoms with Gasteiger partial charge in [-0.3, -0.25) is 4.79 Å². The van der Waals surface area contributed by atoms with Gasteiger partial charge in [0.05, 0.1) is 12.0 Å². The van der Waals surface area contributed by atoms with Crippen molar-refractivity contribution in [3.63, 3.8) is 0 Å². The van der Waals surface area contributed by atoms with E-state index >= 15 is 0 Å². The SMILES string of the molecule is O=C1C(c2ccc(Cl)cc2)CC/C=C\CN1C(CN1CCCC1)c1ccccc1. The molecule has 2 unspecified atom stereocenters. The van der Waals surface area contributed by atoms with Crippen LogP contribution in [0.4, 0.5) is 0 Å². The van der Waals surface area contributed by atoms with Crippen molar-refractivity contribution in [1.82, 2.24) is 9.80 Å². The molecule has 152 valence electrons. The smallest absolute Gasteiger partial charge is 0.230 e. The highest BCUT2D eigenvalue weighted by Crippen LogP contribution is 2.32. The number of hydrogen-bond donors (Lipinski definition) is 0. The molecule has 0 aliphatic carbocycles. The Morgan fingerprint density at radius 3 is 2.41 bits per heavy atom. The third-order valence-electron chi connectivity index (χ3n) is 6.13. The van der Waals surface area contributed by atoms with Crippen LogP contribution < -0.4 is 0 Å². The molecule has 0 saturated carbocycles. The first-order valence-corrected chi connectivity index (χ1v) is 11.1. The molecule has 0 radical (unpaired) electrons. The van der Waals surface area contributed by atoms with Crippen molar-refractivity contribution in [2.75, 3.05) is 26.2 Å². The van der Waals surface area contributed by atoms with E-state index in [-0.39, 0.29) is 17.9 Å². The predicted octanol–water partition coefficient (Wildman–Crippen LogP) is 5.44. The van der Waals surface area contributed by atoms with Crippen LogP contribution in [0.1, 0.15) is 48.8 Å². The Morgan fingerprint density at radius 2 is 1.69 bits per heavy atom. The summed E-state index contributed by atoms with van der Waals surface area (Å²) in [5, 5.41) is 0.708. The maximum atomic E-state index is 13.8. The number of nitrogens with zero attached hydrogens (tertiary/aromatic N) is 2. The van der Waals surface area contributed by atoms with Crippen LogP contribution >= 0.6 is 11.6 Å². The van der Waals surface area contributed by atoms with E-state index in [0.29, 0.717) is 11.6 Å². The Bertz CT molecular complexity index is 828. The largest absolute Gasteiger partial charge is 0.330 e. The molecule has 0 aromatic heterocycles. The zero-order valence-corrected chi connectivity index (χ0v) is 17.6. The topological polar surface area (TPSA) is 23.6 Å². The molecule has 0 N–H and O–H groups in total. The first kappa shape index (κ1) is 20.2. The van der Waals surface area contributed by atoms with Crippen LogP contribution in [0.25, 0.3) is 0 Å². The second-order valence-corrected chi connectivity index (χ2v) is 8.51. The highest BCUT2D eigenvalue weighted by Gasteiger charge is 2.33. The van der Waals surface area contributed by atoms with Gasteiger partial charge < -0.3 is 9.80 Å². The molecular weight excluding hydrogens is 380 g/mol. The van der Waals surface area contributed by atoms with E-state index in [9.17, 15) is 4.79 Å². The van der Waals surface area contributed by atoms with Gasteiger partial charge in [-0.15, -0.1) is 0 Å². The number of amides is 1. The highest BCUT2D eigenvalue weighted by molar-refractivity contribution is 6.30. The van der Waals surface area contributed by atoms with E-state index in [0.717, 1.165) is 38.0 Å². The fourth-order valence-electron chi connectivity index (χ4n) is 4.54. The summed E-state index contributed by atoms with van der Waals surface area (Å²) in [7, 11) is 0. The first-order valence-electron chi connectivity index (χ1n) is 10.7. The van der Waals surface area contributed by atoms with Crippen LogP contribution in [0.3, 0.4) is 0 Å². The molecule has 4 rings (SSSR count). The lowest BCUT2D eigenvalue weighted by Gasteiger charge is -2.37. The Balaban J connectivity index is 1.66. The van der Waals surface area contributed by atoms with E-state index in [1.165, 1.54) is 18.4 Å². The molecule has 1 amide bonds. The Morgan fingerprint density at radius 1 is 0.966 bits per heavy atom. The quantitative estimate of drug-likeness (QED) is 0.615. The molecule has 1 saturated heterocycles. The van der Waals surface area contributed by atoms with Gasteiger partial charge in [0.15, 0.2) is 0 Å². The zero-order chi connectivity index (χ0) is 20.1. The molecule has 2 aliphatic heterocycles. The molecular formula is C25H29ClN2O. The average Bonchev–Trinajstić information content (AvgIpc) is 3.25. The summed E-state index contributed by atoms with van der Waals surface area (Å²) < 4.78 is 0. The summed E-state index contributed by atoms with van der Waals surface area (Å²) in [4.78, 5) is 18.4. The van der Waals surface area contributed by atoms with Crippen LogP contribution in [0.5, 0.6) is 0 Å². The van der Waals surface area contributed by atoms with Gasteiger partial charge in [-0.25, -0.2) is 0 Å². The van der Waals surface area contributed by atoms with Gasteiger partial charge in [-0.05, 0) is 62.0 Å². The molecule has 2 aliphatic rings. The van der Waals surface area contributed by atoms with Crippen molar-refractivity contribution < 1.29 is 4.79 Å². The summed E-state index contributed by atoms with van der Waals surface area (Å²) in [5.74, 6) is 0.103.